The van der Waals surface area contributed by atoms with Crippen LogP contribution in [-0.2, 0) is 19.1 Å². The first-order chi connectivity index (χ1) is 14.3. The Bertz CT molecular complexity index is 900. The average molecular weight is 449 g/mol. The second kappa shape index (κ2) is 11.6. The predicted octanol–water partition coefficient (Wildman–Crippen LogP) is 4.13. The molecule has 0 saturated heterocycles. The first kappa shape index (κ1) is 23.8. The average Bonchev–Trinajstić information content (AvgIpc) is 2.70. The summed E-state index contributed by atoms with van der Waals surface area (Å²) in [6, 6.07) is 13.1. The third kappa shape index (κ3) is 7.39. The van der Waals surface area contributed by atoms with E-state index in [-0.39, 0.29) is 18.9 Å². The molecular weight excluding hydrogens is 424 g/mol. The van der Waals surface area contributed by atoms with Crippen LogP contribution in [0.15, 0.2) is 47.4 Å². The molecule has 0 radical (unpaired) electrons. The number of carbonyl (C=O) groups excluding carboxylic acids is 3. The zero-order valence-electron chi connectivity index (χ0n) is 17.2. The van der Waals surface area contributed by atoms with Crippen molar-refractivity contribution in [2.45, 2.75) is 38.2 Å². The summed E-state index contributed by atoms with van der Waals surface area (Å²) < 4.78 is 5.14. The lowest BCUT2D eigenvalue weighted by Crippen LogP contribution is -2.40. The van der Waals surface area contributed by atoms with Gasteiger partial charge in [-0.3, -0.25) is 14.4 Å². The molecule has 2 rings (SSSR count). The minimum Gasteiger partial charge on any atom is -0.453 e. The van der Waals surface area contributed by atoms with Gasteiger partial charge in [-0.05, 0) is 44.0 Å². The number of halogens is 1. The number of aryl methyl sites for hydroxylation is 2. The first-order valence-electron chi connectivity index (χ1n) is 9.48. The van der Waals surface area contributed by atoms with E-state index >= 15 is 0 Å². The molecule has 0 heterocycles. The van der Waals surface area contributed by atoms with Gasteiger partial charge in [0, 0.05) is 16.3 Å². The van der Waals surface area contributed by atoms with Crippen molar-refractivity contribution in [1.29, 1.82) is 0 Å². The minimum atomic E-state index is -0.990. The lowest BCUT2D eigenvalue weighted by molar-refractivity contribution is -0.154. The molecule has 1 unspecified atom stereocenters. The number of hydrogen-bond donors (Lipinski definition) is 2. The molecule has 2 aromatic carbocycles. The van der Waals surface area contributed by atoms with E-state index in [0.717, 1.165) is 21.7 Å². The van der Waals surface area contributed by atoms with E-state index in [1.165, 1.54) is 18.7 Å². The molecule has 0 saturated carbocycles. The van der Waals surface area contributed by atoms with Crippen LogP contribution in [0.3, 0.4) is 0 Å². The molecule has 30 heavy (non-hydrogen) atoms. The summed E-state index contributed by atoms with van der Waals surface area (Å²) in [7, 11) is 0. The number of anilines is 1. The maximum absolute atomic E-state index is 12.1. The molecule has 0 aliphatic carbocycles. The number of rotatable bonds is 9. The fourth-order valence-corrected chi connectivity index (χ4v) is 3.79. The number of ether oxygens (including phenoxy) is 1. The topological polar surface area (TPSA) is 84.5 Å². The third-order valence-corrected chi connectivity index (χ3v) is 5.76. The van der Waals surface area contributed by atoms with Crippen LogP contribution in [0.5, 0.6) is 0 Å². The number of thioether (sulfide) groups is 1. The van der Waals surface area contributed by atoms with Crippen LogP contribution in [0.4, 0.5) is 5.69 Å². The molecule has 0 bridgehead atoms. The molecule has 2 N–H and O–H groups in total. The van der Waals surface area contributed by atoms with Gasteiger partial charge in [-0.1, -0.05) is 41.9 Å². The van der Waals surface area contributed by atoms with E-state index in [1.807, 2.05) is 50.2 Å². The van der Waals surface area contributed by atoms with Crippen molar-refractivity contribution in [2.75, 3.05) is 17.6 Å². The second-order valence-electron chi connectivity index (χ2n) is 6.69. The molecule has 0 fully saturated rings. The summed E-state index contributed by atoms with van der Waals surface area (Å²) in [5, 5.41) is 5.90. The standard InChI is InChI=1S/C22H25ClN2O4S/c1-14-7-6-8-15(2)21(14)25-19(26)13-24-22(28)16(3)29-20(27)11-12-30-18-10-5-4-9-17(18)23/h4-10,16H,11-13H2,1-3H3,(H,24,28)(H,25,26). The molecule has 0 aliphatic rings. The van der Waals surface area contributed by atoms with E-state index < -0.39 is 18.0 Å². The Balaban J connectivity index is 1.71. The Hall–Kier alpha value is -2.51. The van der Waals surface area contributed by atoms with Crippen molar-refractivity contribution in [3.8, 4) is 0 Å². The van der Waals surface area contributed by atoms with E-state index in [9.17, 15) is 14.4 Å². The number of para-hydroxylation sites is 1. The van der Waals surface area contributed by atoms with Crippen molar-refractivity contribution < 1.29 is 19.1 Å². The Morgan fingerprint density at radius 3 is 2.40 bits per heavy atom. The molecule has 6 nitrogen and oxygen atoms in total. The minimum absolute atomic E-state index is 0.139. The molecule has 0 spiro atoms. The number of amides is 2. The van der Waals surface area contributed by atoms with Crippen molar-refractivity contribution in [2.24, 2.45) is 0 Å². The van der Waals surface area contributed by atoms with E-state index in [0.29, 0.717) is 10.8 Å². The van der Waals surface area contributed by atoms with E-state index in [2.05, 4.69) is 10.6 Å². The zero-order chi connectivity index (χ0) is 22.1. The normalized spacial score (nSPS) is 11.5. The number of hydrogen-bond acceptors (Lipinski definition) is 5. The number of carbonyl (C=O) groups is 3. The smallest absolute Gasteiger partial charge is 0.307 e. The van der Waals surface area contributed by atoms with Crippen molar-refractivity contribution in [3.05, 3.63) is 58.6 Å². The maximum atomic E-state index is 12.1. The Labute approximate surface area is 185 Å². The number of nitrogens with one attached hydrogen (secondary N) is 2. The summed E-state index contributed by atoms with van der Waals surface area (Å²) in [5.74, 6) is -0.888. The third-order valence-electron chi connectivity index (χ3n) is 4.25. The maximum Gasteiger partial charge on any atom is 0.307 e. The lowest BCUT2D eigenvalue weighted by atomic mass is 10.1. The Morgan fingerprint density at radius 1 is 1.07 bits per heavy atom. The van der Waals surface area contributed by atoms with Gasteiger partial charge in [-0.2, -0.15) is 0 Å². The highest BCUT2D eigenvalue weighted by atomic mass is 35.5. The summed E-state index contributed by atoms with van der Waals surface area (Å²) in [6.45, 7) is 5.05. The molecule has 2 aromatic rings. The number of benzene rings is 2. The molecule has 2 amide bonds. The van der Waals surface area contributed by atoms with Gasteiger partial charge in [0.2, 0.25) is 5.91 Å². The summed E-state index contributed by atoms with van der Waals surface area (Å²) in [5.41, 5.74) is 2.60. The highest BCUT2D eigenvalue weighted by Gasteiger charge is 2.18. The van der Waals surface area contributed by atoms with Crippen LogP contribution >= 0.6 is 23.4 Å². The van der Waals surface area contributed by atoms with Gasteiger partial charge < -0.3 is 15.4 Å². The van der Waals surface area contributed by atoms with Crippen LogP contribution in [0.1, 0.15) is 24.5 Å². The largest absolute Gasteiger partial charge is 0.453 e. The van der Waals surface area contributed by atoms with Crippen LogP contribution in [0.2, 0.25) is 5.02 Å². The van der Waals surface area contributed by atoms with Gasteiger partial charge in [0.1, 0.15) is 0 Å². The van der Waals surface area contributed by atoms with Crippen LogP contribution in [0, 0.1) is 13.8 Å². The van der Waals surface area contributed by atoms with Gasteiger partial charge in [0.25, 0.3) is 5.91 Å². The van der Waals surface area contributed by atoms with Crippen LogP contribution < -0.4 is 10.6 Å². The van der Waals surface area contributed by atoms with Gasteiger partial charge in [-0.15, -0.1) is 11.8 Å². The quantitative estimate of drug-likeness (QED) is 0.445. The van der Waals surface area contributed by atoms with Crippen LogP contribution in [-0.4, -0.2) is 36.2 Å². The highest BCUT2D eigenvalue weighted by Crippen LogP contribution is 2.27. The van der Waals surface area contributed by atoms with Gasteiger partial charge in [0.15, 0.2) is 6.10 Å². The Kier molecular flexibility index (Phi) is 9.20. The summed E-state index contributed by atoms with van der Waals surface area (Å²) in [6.07, 6.45) is -0.851. The molecule has 0 aromatic heterocycles. The molecular formula is C22H25ClN2O4S. The summed E-state index contributed by atoms with van der Waals surface area (Å²) >= 11 is 7.51. The Morgan fingerprint density at radius 2 is 1.73 bits per heavy atom. The molecule has 160 valence electrons. The van der Waals surface area contributed by atoms with Gasteiger partial charge in [0.05, 0.1) is 18.0 Å². The zero-order valence-corrected chi connectivity index (χ0v) is 18.7. The molecule has 1 atom stereocenters. The monoisotopic (exact) mass is 448 g/mol. The van der Waals surface area contributed by atoms with Crippen molar-refractivity contribution in [1.82, 2.24) is 5.32 Å². The van der Waals surface area contributed by atoms with E-state index in [1.54, 1.807) is 6.07 Å². The second-order valence-corrected chi connectivity index (χ2v) is 8.24. The van der Waals surface area contributed by atoms with E-state index in [4.69, 9.17) is 16.3 Å². The van der Waals surface area contributed by atoms with Crippen molar-refractivity contribution >= 4 is 46.8 Å². The number of esters is 1. The van der Waals surface area contributed by atoms with Gasteiger partial charge >= 0.3 is 5.97 Å². The summed E-state index contributed by atoms with van der Waals surface area (Å²) in [4.78, 5) is 37.1. The van der Waals surface area contributed by atoms with Crippen molar-refractivity contribution in [3.63, 3.8) is 0 Å². The highest BCUT2D eigenvalue weighted by molar-refractivity contribution is 7.99. The van der Waals surface area contributed by atoms with Gasteiger partial charge in [-0.25, -0.2) is 0 Å². The molecule has 0 aliphatic heterocycles. The first-order valence-corrected chi connectivity index (χ1v) is 10.8. The fourth-order valence-electron chi connectivity index (χ4n) is 2.62. The van der Waals surface area contributed by atoms with Crippen LogP contribution in [0.25, 0.3) is 0 Å². The predicted molar refractivity (Wildman–Crippen MR) is 120 cm³/mol. The fraction of sp³-hybridized carbons (Fsp3) is 0.318. The molecule has 8 heteroatoms. The SMILES string of the molecule is Cc1cccc(C)c1NC(=O)CNC(=O)C(C)OC(=O)CCSc1ccccc1Cl. The lowest BCUT2D eigenvalue weighted by Gasteiger charge is -2.15.